The van der Waals surface area contributed by atoms with Gasteiger partial charge in [-0.3, -0.25) is 14.2 Å². The van der Waals surface area contributed by atoms with Gasteiger partial charge in [0, 0.05) is 25.8 Å². The molecule has 0 N–H and O–H groups in total. The van der Waals surface area contributed by atoms with Crippen LogP contribution in [0.5, 0.6) is 0 Å². The first kappa shape index (κ1) is 19.9. The number of aryl methyl sites for hydroxylation is 2. The third kappa shape index (κ3) is 3.20. The molecule has 9 heteroatoms. The lowest BCUT2D eigenvalue weighted by atomic mass is 10.1. The van der Waals surface area contributed by atoms with Crippen LogP contribution in [-0.4, -0.2) is 37.8 Å². The zero-order valence-electron chi connectivity index (χ0n) is 17.6. The highest BCUT2D eigenvalue weighted by molar-refractivity contribution is 5.77. The van der Waals surface area contributed by atoms with Crippen LogP contribution in [0.1, 0.15) is 19.4 Å². The van der Waals surface area contributed by atoms with Crippen LogP contribution in [0.3, 0.4) is 0 Å². The largest absolute Gasteiger partial charge is 0.465 e. The molecule has 2 aromatic heterocycles. The number of fused-ring (bicyclic) bond motifs is 3. The Kier molecular flexibility index (Phi) is 4.97. The minimum atomic E-state index is -0.621. The average Bonchev–Trinajstić information content (AvgIpc) is 3.09. The summed E-state index contributed by atoms with van der Waals surface area (Å²) in [5, 5.41) is 0. The first-order chi connectivity index (χ1) is 14.3. The van der Waals surface area contributed by atoms with Crippen LogP contribution >= 0.6 is 0 Å². The van der Waals surface area contributed by atoms with Crippen LogP contribution < -0.4 is 16.1 Å². The molecule has 0 amide bonds. The van der Waals surface area contributed by atoms with Gasteiger partial charge in [-0.2, -0.15) is 4.98 Å². The minimum absolute atomic E-state index is 0.182. The monoisotopic (exact) mass is 411 g/mol. The number of esters is 1. The topological polar surface area (TPSA) is 91.4 Å². The van der Waals surface area contributed by atoms with Gasteiger partial charge in [0.25, 0.3) is 5.56 Å². The molecule has 4 rings (SSSR count). The first-order valence-electron chi connectivity index (χ1n) is 10.0. The van der Waals surface area contributed by atoms with E-state index < -0.39 is 23.8 Å². The van der Waals surface area contributed by atoms with Crippen molar-refractivity contribution in [2.75, 3.05) is 18.1 Å². The van der Waals surface area contributed by atoms with Gasteiger partial charge in [0.2, 0.25) is 5.95 Å². The van der Waals surface area contributed by atoms with Crippen molar-refractivity contribution in [1.82, 2.24) is 18.7 Å². The Morgan fingerprint density at radius 3 is 2.57 bits per heavy atom. The molecular weight excluding hydrogens is 386 g/mol. The van der Waals surface area contributed by atoms with Crippen LogP contribution in [0, 0.1) is 12.8 Å². The Hall–Kier alpha value is -3.36. The van der Waals surface area contributed by atoms with Gasteiger partial charge in [-0.25, -0.2) is 9.36 Å². The van der Waals surface area contributed by atoms with Crippen LogP contribution in [0.15, 0.2) is 33.9 Å². The van der Waals surface area contributed by atoms with E-state index in [1.54, 1.807) is 14.0 Å². The maximum atomic E-state index is 13.2. The number of ether oxygens (including phenoxy) is 1. The van der Waals surface area contributed by atoms with Crippen molar-refractivity contribution in [2.24, 2.45) is 13.0 Å². The molecule has 0 unspecified atom stereocenters. The molecule has 1 aromatic carbocycles. The maximum absolute atomic E-state index is 13.2. The fraction of sp³-hybridized carbons (Fsp3) is 0.429. The van der Waals surface area contributed by atoms with Crippen molar-refractivity contribution in [1.29, 1.82) is 0 Å². The average molecular weight is 411 g/mol. The molecule has 0 aliphatic carbocycles. The van der Waals surface area contributed by atoms with Crippen molar-refractivity contribution < 1.29 is 9.53 Å². The lowest BCUT2D eigenvalue weighted by Gasteiger charge is -2.33. The van der Waals surface area contributed by atoms with Crippen LogP contribution in [0.2, 0.25) is 0 Å². The SMILES string of the molecule is CCOC(=O)Cn1c(=O)c2c(nc3n2C[C@@H](C)CN3c2ccc(C)cc2)n(C)c1=O. The predicted molar refractivity (Wildman–Crippen MR) is 113 cm³/mol. The van der Waals surface area contributed by atoms with Gasteiger partial charge in [-0.1, -0.05) is 24.6 Å². The molecule has 30 heavy (non-hydrogen) atoms. The molecule has 3 aromatic rings. The Morgan fingerprint density at radius 1 is 1.20 bits per heavy atom. The zero-order chi connectivity index (χ0) is 21.6. The van der Waals surface area contributed by atoms with Crippen molar-refractivity contribution >= 4 is 28.8 Å². The Bertz CT molecular complexity index is 1240. The number of aromatic nitrogens is 4. The van der Waals surface area contributed by atoms with E-state index in [2.05, 4.69) is 16.8 Å². The van der Waals surface area contributed by atoms with Crippen LogP contribution in [-0.2, 0) is 29.7 Å². The fourth-order valence-corrected chi connectivity index (χ4v) is 3.92. The first-order valence-corrected chi connectivity index (χ1v) is 10.0. The lowest BCUT2D eigenvalue weighted by molar-refractivity contribution is -0.143. The number of nitrogens with zero attached hydrogens (tertiary/aromatic N) is 5. The molecule has 3 heterocycles. The van der Waals surface area contributed by atoms with Gasteiger partial charge < -0.3 is 14.2 Å². The number of hydrogen-bond acceptors (Lipinski definition) is 6. The van der Waals surface area contributed by atoms with Gasteiger partial charge in [0.1, 0.15) is 6.54 Å². The lowest BCUT2D eigenvalue weighted by Crippen LogP contribution is -2.42. The molecular formula is C21H25N5O4. The van der Waals surface area contributed by atoms with E-state index in [4.69, 9.17) is 4.74 Å². The number of hydrogen-bond donors (Lipinski definition) is 0. The number of anilines is 2. The summed E-state index contributed by atoms with van der Waals surface area (Å²) in [5.41, 5.74) is 1.64. The summed E-state index contributed by atoms with van der Waals surface area (Å²) in [6.07, 6.45) is 0. The second-order valence-corrected chi connectivity index (χ2v) is 7.78. The molecule has 9 nitrogen and oxygen atoms in total. The molecule has 0 saturated carbocycles. The number of carbonyl (C=O) groups is 1. The zero-order valence-corrected chi connectivity index (χ0v) is 17.6. The molecule has 1 aliphatic rings. The number of imidazole rings is 1. The molecule has 158 valence electrons. The highest BCUT2D eigenvalue weighted by atomic mass is 16.5. The summed E-state index contributed by atoms with van der Waals surface area (Å²) in [6.45, 7) is 6.91. The number of benzene rings is 1. The second kappa shape index (κ2) is 7.47. The predicted octanol–water partition coefficient (Wildman–Crippen LogP) is 1.56. The normalized spacial score (nSPS) is 16.0. The van der Waals surface area contributed by atoms with E-state index in [-0.39, 0.29) is 12.5 Å². The van der Waals surface area contributed by atoms with E-state index in [9.17, 15) is 14.4 Å². The molecule has 0 saturated heterocycles. The molecule has 1 atom stereocenters. The van der Waals surface area contributed by atoms with E-state index in [0.717, 1.165) is 22.4 Å². The molecule has 0 fully saturated rings. The second-order valence-electron chi connectivity index (χ2n) is 7.78. The van der Waals surface area contributed by atoms with Crippen molar-refractivity contribution in [3.05, 3.63) is 50.7 Å². The summed E-state index contributed by atoms with van der Waals surface area (Å²) in [6, 6.07) is 8.11. The third-order valence-corrected chi connectivity index (χ3v) is 5.38. The third-order valence-electron chi connectivity index (χ3n) is 5.38. The van der Waals surface area contributed by atoms with Crippen molar-refractivity contribution in [2.45, 2.75) is 33.9 Å². The van der Waals surface area contributed by atoms with E-state index in [0.29, 0.717) is 23.7 Å². The summed E-state index contributed by atoms with van der Waals surface area (Å²) in [5.74, 6) is 0.253. The van der Waals surface area contributed by atoms with E-state index in [1.165, 1.54) is 4.57 Å². The fourth-order valence-electron chi connectivity index (χ4n) is 3.92. The molecule has 0 bridgehead atoms. The standard InChI is InChI=1S/C21H25N5O4/c1-5-30-16(27)12-26-19(28)17-18(23(4)21(26)29)22-20-24(10-14(3)11-25(17)20)15-8-6-13(2)7-9-15/h6-9,14H,5,10-12H2,1-4H3/t14-/m0/s1. The minimum Gasteiger partial charge on any atom is -0.465 e. The quantitative estimate of drug-likeness (QED) is 0.605. The van der Waals surface area contributed by atoms with Crippen LogP contribution in [0.25, 0.3) is 11.2 Å². The smallest absolute Gasteiger partial charge is 0.333 e. The Balaban J connectivity index is 1.93. The van der Waals surface area contributed by atoms with Crippen molar-refractivity contribution in [3.8, 4) is 0 Å². The molecule has 1 aliphatic heterocycles. The highest BCUT2D eigenvalue weighted by Crippen LogP contribution is 2.32. The van der Waals surface area contributed by atoms with Crippen molar-refractivity contribution in [3.63, 3.8) is 0 Å². The summed E-state index contributed by atoms with van der Waals surface area (Å²) in [7, 11) is 1.56. The van der Waals surface area contributed by atoms with Gasteiger partial charge in [-0.15, -0.1) is 0 Å². The number of carbonyl (C=O) groups excluding carboxylic acids is 1. The number of rotatable bonds is 4. The van der Waals surface area contributed by atoms with Crippen LogP contribution in [0.4, 0.5) is 11.6 Å². The molecule has 0 spiro atoms. The van der Waals surface area contributed by atoms with Gasteiger partial charge in [0.05, 0.1) is 6.61 Å². The maximum Gasteiger partial charge on any atom is 0.333 e. The summed E-state index contributed by atoms with van der Waals surface area (Å²) >= 11 is 0. The Labute approximate surface area is 173 Å². The van der Waals surface area contributed by atoms with E-state index >= 15 is 0 Å². The van der Waals surface area contributed by atoms with E-state index in [1.807, 2.05) is 35.8 Å². The molecule has 0 radical (unpaired) electrons. The summed E-state index contributed by atoms with van der Waals surface area (Å²) < 4.78 is 9.02. The van der Waals surface area contributed by atoms with Gasteiger partial charge in [0.15, 0.2) is 11.2 Å². The summed E-state index contributed by atoms with van der Waals surface area (Å²) in [4.78, 5) is 44.7. The van der Waals surface area contributed by atoms with Gasteiger partial charge >= 0.3 is 11.7 Å². The highest BCUT2D eigenvalue weighted by Gasteiger charge is 2.30. The van der Waals surface area contributed by atoms with Gasteiger partial charge in [-0.05, 0) is 31.9 Å². The Morgan fingerprint density at radius 2 is 1.90 bits per heavy atom.